The zero-order chi connectivity index (χ0) is 15.1. The van der Waals surface area contributed by atoms with Crippen LogP contribution in [-0.4, -0.2) is 12.6 Å². The molecule has 0 aliphatic carbocycles. The van der Waals surface area contributed by atoms with Gasteiger partial charge in [-0.3, -0.25) is 0 Å². The lowest BCUT2D eigenvalue weighted by Crippen LogP contribution is -2.05. The number of carbonyl (C=O) groups excluding carboxylic acids is 1. The van der Waals surface area contributed by atoms with E-state index >= 15 is 0 Å². The van der Waals surface area contributed by atoms with Crippen molar-refractivity contribution in [2.45, 2.75) is 6.92 Å². The molecule has 1 N–H and O–H groups in total. The van der Waals surface area contributed by atoms with Gasteiger partial charge in [0.1, 0.15) is 5.82 Å². The van der Waals surface area contributed by atoms with E-state index in [-0.39, 0.29) is 5.82 Å². The number of halogens is 1. The molecule has 2 aromatic carbocycles. The standard InChI is InChI=1S/C17H16FNO2/c1-2-21-17(20)12-16(13-6-4-3-5-7-13)19-15-10-8-14(18)9-11-15/h3-12,19H,2H2,1H3/b16-12-. The van der Waals surface area contributed by atoms with Gasteiger partial charge >= 0.3 is 5.97 Å². The summed E-state index contributed by atoms with van der Waals surface area (Å²) in [5.41, 5.74) is 2.13. The molecule has 0 unspecified atom stereocenters. The van der Waals surface area contributed by atoms with Gasteiger partial charge in [-0.2, -0.15) is 0 Å². The van der Waals surface area contributed by atoms with Gasteiger partial charge in [0.15, 0.2) is 0 Å². The minimum absolute atomic E-state index is 0.309. The van der Waals surface area contributed by atoms with Crippen LogP contribution < -0.4 is 5.32 Å². The predicted octanol–water partition coefficient (Wildman–Crippen LogP) is 3.84. The van der Waals surface area contributed by atoms with E-state index in [1.807, 2.05) is 30.3 Å². The van der Waals surface area contributed by atoms with Crippen LogP contribution in [0.25, 0.3) is 5.70 Å². The molecule has 0 aliphatic heterocycles. The first kappa shape index (κ1) is 14.8. The van der Waals surface area contributed by atoms with Crippen LogP contribution in [0.4, 0.5) is 10.1 Å². The molecule has 0 bridgehead atoms. The fourth-order valence-corrected chi connectivity index (χ4v) is 1.80. The number of ether oxygens (including phenoxy) is 1. The molecule has 0 saturated carbocycles. The summed E-state index contributed by atoms with van der Waals surface area (Å²) in [5.74, 6) is -0.734. The molecule has 3 nitrogen and oxygen atoms in total. The van der Waals surface area contributed by atoms with E-state index < -0.39 is 5.97 Å². The summed E-state index contributed by atoms with van der Waals surface area (Å²) in [5, 5.41) is 3.11. The number of benzene rings is 2. The third-order valence-electron chi connectivity index (χ3n) is 2.76. The maximum atomic E-state index is 12.9. The number of esters is 1. The van der Waals surface area contributed by atoms with Crippen LogP contribution in [-0.2, 0) is 9.53 Å². The third-order valence-corrected chi connectivity index (χ3v) is 2.76. The summed E-state index contributed by atoms with van der Waals surface area (Å²) >= 11 is 0. The minimum Gasteiger partial charge on any atom is -0.463 e. The molecule has 2 aromatic rings. The van der Waals surface area contributed by atoms with Gasteiger partial charge in [0.25, 0.3) is 0 Å². The van der Waals surface area contributed by atoms with Crippen LogP contribution in [0.1, 0.15) is 12.5 Å². The molecule has 4 heteroatoms. The first-order valence-electron chi connectivity index (χ1n) is 6.65. The van der Waals surface area contributed by atoms with E-state index in [0.29, 0.717) is 18.0 Å². The average Bonchev–Trinajstić information content (AvgIpc) is 2.50. The van der Waals surface area contributed by atoms with Crippen molar-refractivity contribution in [1.82, 2.24) is 0 Å². The van der Waals surface area contributed by atoms with Crippen LogP contribution in [0.2, 0.25) is 0 Å². The highest BCUT2D eigenvalue weighted by molar-refractivity contribution is 5.94. The Bertz CT molecular complexity index is 621. The molecule has 0 fully saturated rings. The topological polar surface area (TPSA) is 38.3 Å². The van der Waals surface area contributed by atoms with Gasteiger partial charge in [-0.25, -0.2) is 9.18 Å². The van der Waals surface area contributed by atoms with Gasteiger partial charge in [-0.15, -0.1) is 0 Å². The van der Waals surface area contributed by atoms with E-state index in [1.54, 1.807) is 19.1 Å². The largest absolute Gasteiger partial charge is 0.463 e. The van der Waals surface area contributed by atoms with Crippen LogP contribution in [0.3, 0.4) is 0 Å². The van der Waals surface area contributed by atoms with Crippen molar-refractivity contribution in [3.05, 3.63) is 72.1 Å². The van der Waals surface area contributed by atoms with Gasteiger partial charge in [-0.1, -0.05) is 30.3 Å². The second-order valence-electron chi connectivity index (χ2n) is 4.31. The van der Waals surface area contributed by atoms with Gasteiger partial charge in [0, 0.05) is 11.8 Å². The second kappa shape index (κ2) is 7.24. The summed E-state index contributed by atoms with van der Waals surface area (Å²) in [6.07, 6.45) is 1.39. The number of hydrogen-bond donors (Lipinski definition) is 1. The van der Waals surface area contributed by atoms with Crippen molar-refractivity contribution in [1.29, 1.82) is 0 Å². The molecule has 21 heavy (non-hydrogen) atoms. The van der Waals surface area contributed by atoms with Crippen LogP contribution in [0.15, 0.2) is 60.7 Å². The Labute approximate surface area is 123 Å². The lowest BCUT2D eigenvalue weighted by atomic mass is 10.1. The lowest BCUT2D eigenvalue weighted by Gasteiger charge is -2.11. The van der Waals surface area contributed by atoms with E-state index in [0.717, 1.165) is 5.56 Å². The van der Waals surface area contributed by atoms with Gasteiger partial charge < -0.3 is 10.1 Å². The van der Waals surface area contributed by atoms with Crippen molar-refractivity contribution < 1.29 is 13.9 Å². The van der Waals surface area contributed by atoms with Crippen LogP contribution >= 0.6 is 0 Å². The summed E-state index contributed by atoms with van der Waals surface area (Å²) in [7, 11) is 0. The van der Waals surface area contributed by atoms with Crippen LogP contribution in [0.5, 0.6) is 0 Å². The monoisotopic (exact) mass is 285 g/mol. The summed E-state index contributed by atoms with van der Waals surface area (Å²) in [4.78, 5) is 11.7. The molecular formula is C17H16FNO2. The maximum absolute atomic E-state index is 12.9. The molecule has 0 aromatic heterocycles. The molecule has 2 rings (SSSR count). The molecule has 0 amide bonds. The first-order valence-corrected chi connectivity index (χ1v) is 6.65. The quantitative estimate of drug-likeness (QED) is 0.670. The van der Waals surface area contributed by atoms with Crippen molar-refractivity contribution in [2.24, 2.45) is 0 Å². The Morgan fingerprint density at radius 3 is 2.43 bits per heavy atom. The Balaban J connectivity index is 2.28. The van der Waals surface area contributed by atoms with Crippen molar-refractivity contribution >= 4 is 17.4 Å². The SMILES string of the molecule is CCOC(=O)/C=C(\Nc1ccc(F)cc1)c1ccccc1. The highest BCUT2D eigenvalue weighted by atomic mass is 19.1. The molecule has 0 radical (unpaired) electrons. The van der Waals surface area contributed by atoms with E-state index in [4.69, 9.17) is 4.74 Å². The second-order valence-corrected chi connectivity index (χ2v) is 4.31. The fraction of sp³-hybridized carbons (Fsp3) is 0.118. The highest BCUT2D eigenvalue weighted by Crippen LogP contribution is 2.19. The Morgan fingerprint density at radius 2 is 1.81 bits per heavy atom. The zero-order valence-corrected chi connectivity index (χ0v) is 11.7. The maximum Gasteiger partial charge on any atom is 0.332 e. The molecule has 108 valence electrons. The van der Waals surface area contributed by atoms with Crippen molar-refractivity contribution in [3.8, 4) is 0 Å². The number of carbonyl (C=O) groups is 1. The summed E-state index contributed by atoms with van der Waals surface area (Å²) < 4.78 is 17.9. The fourth-order valence-electron chi connectivity index (χ4n) is 1.80. The van der Waals surface area contributed by atoms with Crippen molar-refractivity contribution in [2.75, 3.05) is 11.9 Å². The number of anilines is 1. The lowest BCUT2D eigenvalue weighted by molar-refractivity contribution is -0.137. The van der Waals surface area contributed by atoms with E-state index in [9.17, 15) is 9.18 Å². The smallest absolute Gasteiger partial charge is 0.332 e. The van der Waals surface area contributed by atoms with E-state index in [2.05, 4.69) is 5.32 Å². The Kier molecular flexibility index (Phi) is 5.10. The molecule has 0 aliphatic rings. The zero-order valence-electron chi connectivity index (χ0n) is 11.7. The summed E-state index contributed by atoms with van der Waals surface area (Å²) in [6.45, 7) is 2.06. The summed E-state index contributed by atoms with van der Waals surface area (Å²) in [6, 6.07) is 15.3. The predicted molar refractivity (Wildman–Crippen MR) is 81.1 cm³/mol. The highest BCUT2D eigenvalue weighted by Gasteiger charge is 2.06. The number of nitrogens with one attached hydrogen (secondary N) is 1. The Hall–Kier alpha value is -2.62. The van der Waals surface area contributed by atoms with Gasteiger partial charge in [0.05, 0.1) is 12.3 Å². The third kappa shape index (κ3) is 4.45. The van der Waals surface area contributed by atoms with Crippen molar-refractivity contribution in [3.63, 3.8) is 0 Å². The number of hydrogen-bond acceptors (Lipinski definition) is 3. The average molecular weight is 285 g/mol. The first-order chi connectivity index (χ1) is 10.2. The minimum atomic E-state index is -0.425. The molecule has 0 saturated heterocycles. The molecule has 0 spiro atoms. The molecule has 0 heterocycles. The van der Waals surface area contributed by atoms with E-state index in [1.165, 1.54) is 18.2 Å². The van der Waals surface area contributed by atoms with Crippen LogP contribution in [0, 0.1) is 5.82 Å². The Morgan fingerprint density at radius 1 is 1.14 bits per heavy atom. The normalized spacial score (nSPS) is 11.0. The molecule has 0 atom stereocenters. The van der Waals surface area contributed by atoms with Gasteiger partial charge in [0.2, 0.25) is 0 Å². The number of rotatable bonds is 5. The van der Waals surface area contributed by atoms with Gasteiger partial charge in [-0.05, 0) is 36.8 Å². The molecular weight excluding hydrogens is 269 g/mol.